The van der Waals surface area contributed by atoms with Crippen LogP contribution < -0.4 is 0 Å². The van der Waals surface area contributed by atoms with Crippen molar-refractivity contribution in [3.8, 4) is 0 Å². The SMILES string of the molecule is C[C@H]1CC[C@@]2(C)C(=CC[C@H]3[C@@H]4C[C@H](Br)[C@@H](O)[C@@]4(C)CC[C@@H]32)C1. The fourth-order valence-corrected chi connectivity index (χ4v) is 7.79. The fraction of sp³-hybridized carbons (Fsp3) is 0.900. The molecule has 4 aliphatic carbocycles. The molecule has 0 aromatic carbocycles. The second-order valence-corrected chi connectivity index (χ2v) is 10.5. The van der Waals surface area contributed by atoms with Gasteiger partial charge in [-0.3, -0.25) is 0 Å². The molecule has 4 rings (SSSR count). The van der Waals surface area contributed by atoms with E-state index in [0.717, 1.165) is 17.8 Å². The van der Waals surface area contributed by atoms with Gasteiger partial charge in [0.1, 0.15) is 0 Å². The first kappa shape index (κ1) is 15.7. The maximum Gasteiger partial charge on any atom is 0.0721 e. The van der Waals surface area contributed by atoms with Gasteiger partial charge < -0.3 is 5.11 Å². The molecule has 4 aliphatic rings. The Hall–Kier alpha value is 0.180. The Morgan fingerprint density at radius 3 is 2.73 bits per heavy atom. The lowest BCUT2D eigenvalue weighted by Gasteiger charge is -2.57. The van der Waals surface area contributed by atoms with Crippen LogP contribution in [0.15, 0.2) is 11.6 Å². The summed E-state index contributed by atoms with van der Waals surface area (Å²) in [5.74, 6) is 3.26. The standard InChI is InChI=1S/C20H31BrO/c1-12-6-8-19(2)13(10-12)4-5-14-15(19)7-9-20(3)16(14)11-17(21)18(20)22/h4,12,14-18,22H,5-11H2,1-3H3/t12-,14+,15-,16-,17-,18+,19-,20-/m0/s1. The number of hydrogen-bond donors (Lipinski definition) is 1. The molecule has 22 heavy (non-hydrogen) atoms. The summed E-state index contributed by atoms with van der Waals surface area (Å²) in [6, 6.07) is 0. The summed E-state index contributed by atoms with van der Waals surface area (Å²) in [6.45, 7) is 7.36. The summed E-state index contributed by atoms with van der Waals surface area (Å²) in [5, 5.41) is 10.7. The van der Waals surface area contributed by atoms with Crippen LogP contribution >= 0.6 is 15.9 Å². The van der Waals surface area contributed by atoms with E-state index in [4.69, 9.17) is 0 Å². The van der Waals surface area contributed by atoms with Crippen molar-refractivity contribution < 1.29 is 5.11 Å². The Kier molecular flexibility index (Phi) is 3.63. The normalized spacial score (nSPS) is 57.6. The summed E-state index contributed by atoms with van der Waals surface area (Å²) in [5.41, 5.74) is 2.40. The molecule has 0 unspecified atom stereocenters. The van der Waals surface area contributed by atoms with Crippen LogP contribution in [0.4, 0.5) is 0 Å². The minimum atomic E-state index is -0.150. The first-order valence-electron chi connectivity index (χ1n) is 9.38. The van der Waals surface area contributed by atoms with Gasteiger partial charge in [-0.1, -0.05) is 48.4 Å². The largest absolute Gasteiger partial charge is 0.391 e. The molecular formula is C20H31BrO. The molecule has 2 heteroatoms. The zero-order valence-corrected chi connectivity index (χ0v) is 15.9. The van der Waals surface area contributed by atoms with Crippen molar-refractivity contribution >= 4 is 15.9 Å². The number of aliphatic hydroxyl groups is 1. The van der Waals surface area contributed by atoms with Crippen LogP contribution in [-0.2, 0) is 0 Å². The van der Waals surface area contributed by atoms with Gasteiger partial charge in [0.05, 0.1) is 6.10 Å². The Morgan fingerprint density at radius 2 is 1.95 bits per heavy atom. The van der Waals surface area contributed by atoms with Gasteiger partial charge in [0.2, 0.25) is 0 Å². The van der Waals surface area contributed by atoms with Crippen molar-refractivity contribution in [1.29, 1.82) is 0 Å². The molecule has 0 radical (unpaired) electrons. The molecule has 3 fully saturated rings. The minimum Gasteiger partial charge on any atom is -0.391 e. The highest BCUT2D eigenvalue weighted by molar-refractivity contribution is 9.09. The van der Waals surface area contributed by atoms with Gasteiger partial charge in [0.15, 0.2) is 0 Å². The molecule has 0 spiro atoms. The molecule has 124 valence electrons. The maximum atomic E-state index is 10.7. The zero-order valence-electron chi connectivity index (χ0n) is 14.3. The summed E-state index contributed by atoms with van der Waals surface area (Å²) >= 11 is 3.77. The van der Waals surface area contributed by atoms with Crippen LogP contribution in [0.1, 0.15) is 65.7 Å². The van der Waals surface area contributed by atoms with Crippen LogP contribution in [0.3, 0.4) is 0 Å². The van der Waals surface area contributed by atoms with Crippen molar-refractivity contribution in [2.45, 2.75) is 76.6 Å². The first-order chi connectivity index (χ1) is 10.4. The highest BCUT2D eigenvalue weighted by atomic mass is 79.9. The molecule has 0 aliphatic heterocycles. The van der Waals surface area contributed by atoms with E-state index in [1.165, 1.54) is 44.9 Å². The van der Waals surface area contributed by atoms with Gasteiger partial charge >= 0.3 is 0 Å². The summed E-state index contributed by atoms with van der Waals surface area (Å²) < 4.78 is 0. The fourth-order valence-electron chi connectivity index (χ4n) is 6.79. The summed E-state index contributed by atoms with van der Waals surface area (Å²) in [7, 11) is 0. The molecule has 0 saturated heterocycles. The topological polar surface area (TPSA) is 20.2 Å². The van der Waals surface area contributed by atoms with Crippen LogP contribution in [0.2, 0.25) is 0 Å². The van der Waals surface area contributed by atoms with E-state index in [0.29, 0.717) is 16.2 Å². The van der Waals surface area contributed by atoms with E-state index >= 15 is 0 Å². The number of hydrogen-bond acceptors (Lipinski definition) is 1. The minimum absolute atomic E-state index is 0.150. The third-order valence-electron chi connectivity index (χ3n) is 8.29. The van der Waals surface area contributed by atoms with Crippen LogP contribution in [-0.4, -0.2) is 16.0 Å². The van der Waals surface area contributed by atoms with Gasteiger partial charge in [-0.25, -0.2) is 0 Å². The quantitative estimate of drug-likeness (QED) is 0.454. The lowest BCUT2D eigenvalue weighted by Crippen LogP contribution is -2.50. The smallest absolute Gasteiger partial charge is 0.0721 e. The van der Waals surface area contributed by atoms with Gasteiger partial charge in [0, 0.05) is 4.83 Å². The van der Waals surface area contributed by atoms with Crippen LogP contribution in [0.5, 0.6) is 0 Å². The number of alkyl halides is 1. The van der Waals surface area contributed by atoms with Gasteiger partial charge in [-0.15, -0.1) is 0 Å². The van der Waals surface area contributed by atoms with Crippen molar-refractivity contribution in [3.05, 3.63) is 11.6 Å². The highest BCUT2D eigenvalue weighted by Gasteiger charge is 2.60. The van der Waals surface area contributed by atoms with E-state index in [2.05, 4.69) is 42.8 Å². The predicted molar refractivity (Wildman–Crippen MR) is 95.0 cm³/mol. The van der Waals surface area contributed by atoms with Crippen LogP contribution in [0, 0.1) is 34.5 Å². The lowest BCUT2D eigenvalue weighted by atomic mass is 9.47. The number of halogens is 1. The Bertz CT molecular complexity index is 500. The van der Waals surface area contributed by atoms with E-state index < -0.39 is 0 Å². The zero-order chi connectivity index (χ0) is 15.7. The van der Waals surface area contributed by atoms with E-state index in [-0.39, 0.29) is 11.5 Å². The number of fused-ring (bicyclic) bond motifs is 5. The van der Waals surface area contributed by atoms with Gasteiger partial charge in [-0.05, 0) is 79.4 Å². The van der Waals surface area contributed by atoms with Crippen molar-refractivity contribution in [1.82, 2.24) is 0 Å². The molecule has 1 nitrogen and oxygen atoms in total. The van der Waals surface area contributed by atoms with Crippen molar-refractivity contribution in [3.63, 3.8) is 0 Å². The van der Waals surface area contributed by atoms with Gasteiger partial charge in [0.25, 0.3) is 0 Å². The molecule has 0 aromatic heterocycles. The number of rotatable bonds is 0. The number of allylic oxidation sites excluding steroid dienone is 2. The maximum absolute atomic E-state index is 10.7. The number of aliphatic hydroxyl groups excluding tert-OH is 1. The first-order valence-corrected chi connectivity index (χ1v) is 10.3. The van der Waals surface area contributed by atoms with E-state index in [1.807, 2.05) is 0 Å². The molecule has 3 saturated carbocycles. The lowest BCUT2D eigenvalue weighted by molar-refractivity contribution is -0.0671. The molecule has 0 bridgehead atoms. The van der Waals surface area contributed by atoms with E-state index in [9.17, 15) is 5.11 Å². The summed E-state index contributed by atoms with van der Waals surface area (Å²) in [6.07, 6.45) is 11.6. The molecular weight excluding hydrogens is 336 g/mol. The Morgan fingerprint density at radius 1 is 1.18 bits per heavy atom. The second kappa shape index (κ2) is 5.09. The molecule has 1 N–H and O–H groups in total. The third-order valence-corrected chi connectivity index (χ3v) is 9.16. The van der Waals surface area contributed by atoms with Gasteiger partial charge in [-0.2, -0.15) is 0 Å². The predicted octanol–water partition coefficient (Wildman–Crippen LogP) is 5.32. The summed E-state index contributed by atoms with van der Waals surface area (Å²) in [4.78, 5) is 0.311. The Labute approximate surface area is 144 Å². The average molecular weight is 367 g/mol. The Balaban J connectivity index is 1.68. The average Bonchev–Trinajstić information content (AvgIpc) is 2.72. The monoisotopic (exact) mass is 366 g/mol. The van der Waals surface area contributed by atoms with E-state index in [1.54, 1.807) is 5.57 Å². The van der Waals surface area contributed by atoms with Crippen molar-refractivity contribution in [2.75, 3.05) is 0 Å². The molecule has 0 heterocycles. The second-order valence-electron chi connectivity index (χ2n) is 9.35. The highest BCUT2D eigenvalue weighted by Crippen LogP contribution is 2.65. The van der Waals surface area contributed by atoms with Crippen molar-refractivity contribution in [2.24, 2.45) is 34.5 Å². The molecule has 8 atom stereocenters. The van der Waals surface area contributed by atoms with Crippen LogP contribution in [0.25, 0.3) is 0 Å². The third kappa shape index (κ3) is 1.98. The molecule has 0 amide bonds. The molecule has 0 aromatic rings.